The number of hydrogen-bond donors (Lipinski definition) is 2. The van der Waals surface area contributed by atoms with Crippen LogP contribution in [0.5, 0.6) is 0 Å². The topological polar surface area (TPSA) is 58.2 Å². The lowest BCUT2D eigenvalue weighted by Crippen LogP contribution is -2.14. The Hall–Kier alpha value is -1.23. The highest BCUT2D eigenvalue weighted by Crippen LogP contribution is 2.28. The first-order chi connectivity index (χ1) is 7.62. The van der Waals surface area contributed by atoms with Crippen LogP contribution in [0.4, 0.5) is 11.4 Å². The van der Waals surface area contributed by atoms with Crippen LogP contribution in [0.15, 0.2) is 18.2 Å². The highest BCUT2D eigenvalue weighted by molar-refractivity contribution is 7.92. The van der Waals surface area contributed by atoms with Crippen molar-refractivity contribution in [1.29, 1.82) is 0 Å². The lowest BCUT2D eigenvalue weighted by Gasteiger charge is -2.21. The van der Waals surface area contributed by atoms with E-state index in [0.29, 0.717) is 5.69 Å². The molecule has 0 amide bonds. The third kappa shape index (κ3) is 4.26. The molecule has 17 heavy (non-hydrogen) atoms. The minimum absolute atomic E-state index is 0.0270. The summed E-state index contributed by atoms with van der Waals surface area (Å²) in [6.07, 6.45) is 1.15. The van der Waals surface area contributed by atoms with Crippen molar-refractivity contribution in [2.75, 3.05) is 23.3 Å². The highest BCUT2D eigenvalue weighted by atomic mass is 32.2. The molecule has 2 N–H and O–H groups in total. The van der Waals surface area contributed by atoms with E-state index >= 15 is 0 Å². The molecule has 5 heteroatoms. The Kier molecular flexibility index (Phi) is 3.71. The standard InChI is InChI=1S/C12H20N2O2S/c1-12(2,3)9-6-10(13-4)8-11(7-9)14-17(5,15)16/h6-8,13-14H,1-5H3. The zero-order valence-corrected chi connectivity index (χ0v) is 11.8. The van der Waals surface area contributed by atoms with Gasteiger partial charge in [-0.2, -0.15) is 0 Å². The van der Waals surface area contributed by atoms with E-state index < -0.39 is 10.0 Å². The van der Waals surface area contributed by atoms with Gasteiger partial charge in [0.05, 0.1) is 11.9 Å². The van der Waals surface area contributed by atoms with E-state index in [4.69, 9.17) is 0 Å². The van der Waals surface area contributed by atoms with Gasteiger partial charge in [-0.25, -0.2) is 8.42 Å². The van der Waals surface area contributed by atoms with Crippen LogP contribution in [-0.2, 0) is 15.4 Å². The van der Waals surface area contributed by atoms with E-state index in [-0.39, 0.29) is 5.41 Å². The summed E-state index contributed by atoms with van der Waals surface area (Å²) < 4.78 is 25.0. The summed E-state index contributed by atoms with van der Waals surface area (Å²) in [5.41, 5.74) is 2.53. The normalized spacial score (nSPS) is 12.3. The van der Waals surface area contributed by atoms with Gasteiger partial charge in [-0.05, 0) is 29.2 Å². The number of nitrogens with one attached hydrogen (secondary N) is 2. The number of benzene rings is 1. The van der Waals surface area contributed by atoms with Crippen LogP contribution in [0.1, 0.15) is 26.3 Å². The van der Waals surface area contributed by atoms with Crippen LogP contribution in [0.2, 0.25) is 0 Å². The molecular weight excluding hydrogens is 236 g/mol. The van der Waals surface area contributed by atoms with Crippen molar-refractivity contribution in [1.82, 2.24) is 0 Å². The molecule has 0 unspecified atom stereocenters. The Balaban J connectivity index is 3.24. The molecule has 0 bridgehead atoms. The van der Waals surface area contributed by atoms with Gasteiger partial charge in [-0.1, -0.05) is 20.8 Å². The highest BCUT2D eigenvalue weighted by Gasteiger charge is 2.16. The van der Waals surface area contributed by atoms with Crippen molar-refractivity contribution in [3.05, 3.63) is 23.8 Å². The molecule has 0 fully saturated rings. The van der Waals surface area contributed by atoms with E-state index in [1.54, 1.807) is 6.07 Å². The third-order valence-corrected chi connectivity index (χ3v) is 3.00. The number of hydrogen-bond acceptors (Lipinski definition) is 3. The van der Waals surface area contributed by atoms with Crippen molar-refractivity contribution in [2.24, 2.45) is 0 Å². The lowest BCUT2D eigenvalue weighted by atomic mass is 9.86. The molecule has 0 aliphatic heterocycles. The molecular formula is C12H20N2O2S. The Morgan fingerprint density at radius 1 is 1.06 bits per heavy atom. The van der Waals surface area contributed by atoms with Gasteiger partial charge in [0.2, 0.25) is 10.0 Å². The quantitative estimate of drug-likeness (QED) is 0.873. The molecule has 0 aliphatic rings. The second-order valence-electron chi connectivity index (χ2n) is 5.17. The summed E-state index contributed by atoms with van der Waals surface area (Å²) in [4.78, 5) is 0. The summed E-state index contributed by atoms with van der Waals surface area (Å²) in [5, 5.41) is 3.03. The maximum atomic E-state index is 11.2. The molecule has 1 rings (SSSR count). The first kappa shape index (κ1) is 13.8. The summed E-state index contributed by atoms with van der Waals surface area (Å²) in [6.45, 7) is 6.27. The summed E-state index contributed by atoms with van der Waals surface area (Å²) in [6, 6.07) is 5.66. The molecule has 0 aromatic heterocycles. The van der Waals surface area contributed by atoms with Gasteiger partial charge in [0.1, 0.15) is 0 Å². The number of sulfonamides is 1. The molecule has 0 heterocycles. The van der Waals surface area contributed by atoms with Gasteiger partial charge in [0.15, 0.2) is 0 Å². The average molecular weight is 256 g/mol. The van der Waals surface area contributed by atoms with Crippen LogP contribution in [0.25, 0.3) is 0 Å². The second-order valence-corrected chi connectivity index (χ2v) is 6.92. The maximum absolute atomic E-state index is 11.2. The van der Waals surface area contributed by atoms with Gasteiger partial charge in [0.25, 0.3) is 0 Å². The molecule has 1 aromatic rings. The van der Waals surface area contributed by atoms with Crippen molar-refractivity contribution < 1.29 is 8.42 Å². The van der Waals surface area contributed by atoms with Crippen molar-refractivity contribution in [2.45, 2.75) is 26.2 Å². The van der Waals surface area contributed by atoms with Crippen molar-refractivity contribution >= 4 is 21.4 Å². The molecule has 4 nitrogen and oxygen atoms in total. The second kappa shape index (κ2) is 4.56. The Bertz CT molecular complexity index is 502. The minimum atomic E-state index is -3.24. The molecule has 0 radical (unpaired) electrons. The summed E-state index contributed by atoms with van der Waals surface area (Å²) in [7, 11) is -1.43. The molecule has 0 aliphatic carbocycles. The monoisotopic (exact) mass is 256 g/mol. The Morgan fingerprint density at radius 3 is 2.00 bits per heavy atom. The summed E-state index contributed by atoms with van der Waals surface area (Å²) >= 11 is 0. The van der Waals surface area contributed by atoms with E-state index in [0.717, 1.165) is 17.5 Å². The average Bonchev–Trinajstić information content (AvgIpc) is 2.13. The zero-order chi connectivity index (χ0) is 13.3. The first-order valence-corrected chi connectivity index (χ1v) is 7.32. The molecule has 0 saturated carbocycles. The lowest BCUT2D eigenvalue weighted by molar-refractivity contribution is 0.590. The maximum Gasteiger partial charge on any atom is 0.229 e. The molecule has 0 atom stereocenters. The van der Waals surface area contributed by atoms with Gasteiger partial charge in [-0.15, -0.1) is 0 Å². The first-order valence-electron chi connectivity index (χ1n) is 5.43. The number of anilines is 2. The van der Waals surface area contributed by atoms with Crippen LogP contribution >= 0.6 is 0 Å². The fourth-order valence-electron chi connectivity index (χ4n) is 1.48. The minimum Gasteiger partial charge on any atom is -0.388 e. The van der Waals surface area contributed by atoms with Crippen LogP contribution in [0.3, 0.4) is 0 Å². The van der Waals surface area contributed by atoms with Crippen LogP contribution in [0, 0.1) is 0 Å². The third-order valence-electron chi connectivity index (χ3n) is 2.39. The fraction of sp³-hybridized carbons (Fsp3) is 0.500. The summed E-state index contributed by atoms with van der Waals surface area (Å²) in [5.74, 6) is 0. The smallest absolute Gasteiger partial charge is 0.229 e. The van der Waals surface area contributed by atoms with E-state index in [1.807, 2.05) is 19.2 Å². The van der Waals surface area contributed by atoms with Gasteiger partial charge >= 0.3 is 0 Å². The Morgan fingerprint density at radius 2 is 1.59 bits per heavy atom. The van der Waals surface area contributed by atoms with Crippen LogP contribution < -0.4 is 10.0 Å². The number of rotatable bonds is 3. The molecule has 96 valence electrons. The van der Waals surface area contributed by atoms with E-state index in [1.165, 1.54) is 0 Å². The largest absolute Gasteiger partial charge is 0.388 e. The SMILES string of the molecule is CNc1cc(NS(C)(=O)=O)cc(C(C)(C)C)c1. The zero-order valence-electron chi connectivity index (χ0n) is 11.0. The van der Waals surface area contributed by atoms with E-state index in [9.17, 15) is 8.42 Å². The van der Waals surface area contributed by atoms with Crippen molar-refractivity contribution in [3.63, 3.8) is 0 Å². The van der Waals surface area contributed by atoms with Crippen molar-refractivity contribution in [3.8, 4) is 0 Å². The van der Waals surface area contributed by atoms with Gasteiger partial charge < -0.3 is 5.32 Å². The molecule has 0 saturated heterocycles. The molecule has 1 aromatic carbocycles. The van der Waals surface area contributed by atoms with Crippen LogP contribution in [-0.4, -0.2) is 21.7 Å². The van der Waals surface area contributed by atoms with Gasteiger partial charge in [-0.3, -0.25) is 4.72 Å². The van der Waals surface area contributed by atoms with Gasteiger partial charge in [0, 0.05) is 12.7 Å². The Labute approximate surface area is 103 Å². The fourth-order valence-corrected chi connectivity index (χ4v) is 2.02. The molecule has 0 spiro atoms. The predicted molar refractivity (Wildman–Crippen MR) is 73.2 cm³/mol. The predicted octanol–water partition coefficient (Wildman–Crippen LogP) is 2.40. The van der Waals surface area contributed by atoms with E-state index in [2.05, 4.69) is 30.8 Å².